The molecule has 0 radical (unpaired) electrons. The maximum Gasteiger partial charge on any atom is 0.239 e. The van der Waals surface area contributed by atoms with Crippen molar-refractivity contribution >= 4 is 17.6 Å². The Morgan fingerprint density at radius 1 is 1.00 bits per heavy atom. The molecule has 10 heteroatoms. The number of fused-ring (bicyclic) bond motifs is 3. The molecule has 0 spiro atoms. The number of nitrogens with zero attached hydrogens (tertiary/aromatic N) is 4. The Hall–Kier alpha value is -3.99. The van der Waals surface area contributed by atoms with Crippen LogP contribution in [0.3, 0.4) is 0 Å². The van der Waals surface area contributed by atoms with Crippen molar-refractivity contribution in [2.45, 2.75) is 89.6 Å². The van der Waals surface area contributed by atoms with E-state index in [4.69, 9.17) is 4.74 Å². The molecule has 1 aromatic heterocycles. The Morgan fingerprint density at radius 3 is 2.43 bits per heavy atom. The molecule has 49 heavy (non-hydrogen) atoms. The second-order valence-corrected chi connectivity index (χ2v) is 15.1. The molecular weight excluding hydrogens is 621 g/mol. The van der Waals surface area contributed by atoms with Crippen LogP contribution in [0.4, 0.5) is 4.39 Å². The number of pyridine rings is 1. The first kappa shape index (κ1) is 34.9. The lowest BCUT2D eigenvalue weighted by Crippen LogP contribution is -2.62. The summed E-state index contributed by atoms with van der Waals surface area (Å²) in [5.74, 6) is -2.63. The highest BCUT2D eigenvalue weighted by atomic mass is 19.1. The van der Waals surface area contributed by atoms with Crippen LogP contribution >= 0.6 is 0 Å². The fraction of sp³-hybridized carbons (Fsp3) is 0.487. The monoisotopic (exact) mass is 669 g/mol. The van der Waals surface area contributed by atoms with Gasteiger partial charge in [0.25, 0.3) is 0 Å². The minimum atomic E-state index is -2.08. The van der Waals surface area contributed by atoms with Gasteiger partial charge >= 0.3 is 0 Å². The Kier molecular flexibility index (Phi) is 10.0. The van der Waals surface area contributed by atoms with Crippen LogP contribution in [0.5, 0.6) is 0 Å². The molecule has 2 saturated heterocycles. The standard InChI is InChI=1S/C39H48FN5O4/c1-38(2,3)42-36(47)31-24-43(23-27-14-11-17-41-22-27)18-19-44(31)25-32(46)34(40)30(20-26-12-7-6-8-13-26)37(48)45-35-29-16-10-9-15-28(29)21-33(35)49-39(45,4)5/h6-17,22,30-31,33-35H,18-21,23-25H2,1-5H3,(H,42,47)/t30-,31+,33-,34+,35+/m1/s1. The molecule has 0 bridgehead atoms. The quantitative estimate of drug-likeness (QED) is 0.340. The topological polar surface area (TPSA) is 95.1 Å². The summed E-state index contributed by atoms with van der Waals surface area (Å²) in [6.07, 6.45) is 1.92. The number of halogens is 1. The number of carbonyl (C=O) groups is 3. The fourth-order valence-corrected chi connectivity index (χ4v) is 7.65. The van der Waals surface area contributed by atoms with E-state index in [1.54, 1.807) is 22.2 Å². The maximum atomic E-state index is 16.9. The number of aromatic nitrogens is 1. The summed E-state index contributed by atoms with van der Waals surface area (Å²) < 4.78 is 23.3. The van der Waals surface area contributed by atoms with Crippen molar-refractivity contribution in [3.63, 3.8) is 0 Å². The smallest absolute Gasteiger partial charge is 0.239 e. The zero-order valence-electron chi connectivity index (χ0n) is 29.1. The van der Waals surface area contributed by atoms with Gasteiger partial charge in [0.1, 0.15) is 11.8 Å². The van der Waals surface area contributed by atoms with Gasteiger partial charge in [-0.15, -0.1) is 0 Å². The molecule has 3 aliphatic rings. The summed E-state index contributed by atoms with van der Waals surface area (Å²) in [6.45, 7) is 11.1. The molecular formula is C39H48FN5O4. The second kappa shape index (κ2) is 14.1. The average Bonchev–Trinajstić information content (AvgIpc) is 3.53. The number of Topliss-reactive ketones (excluding diaryl/α,β-unsaturated/α-hetero) is 1. The highest BCUT2D eigenvalue weighted by molar-refractivity contribution is 5.93. The van der Waals surface area contributed by atoms with Gasteiger partial charge in [0.2, 0.25) is 11.8 Å². The number of piperazine rings is 1. The number of ketones is 1. The van der Waals surface area contributed by atoms with Crippen LogP contribution in [0.15, 0.2) is 79.1 Å². The van der Waals surface area contributed by atoms with Crippen LogP contribution in [-0.2, 0) is 38.5 Å². The number of alkyl halides is 1. The van der Waals surface area contributed by atoms with E-state index in [2.05, 4.69) is 15.2 Å². The van der Waals surface area contributed by atoms with Gasteiger partial charge in [-0.05, 0) is 69.4 Å². The first-order valence-electron chi connectivity index (χ1n) is 17.3. The number of nitrogens with one attached hydrogen (secondary N) is 1. The molecule has 9 nitrogen and oxygen atoms in total. The van der Waals surface area contributed by atoms with Crippen molar-refractivity contribution in [3.05, 3.63) is 101 Å². The summed E-state index contributed by atoms with van der Waals surface area (Å²) >= 11 is 0. The van der Waals surface area contributed by atoms with Crippen LogP contribution < -0.4 is 5.32 Å². The number of hydrogen-bond donors (Lipinski definition) is 1. The maximum absolute atomic E-state index is 16.9. The number of ether oxygens (including phenoxy) is 1. The van der Waals surface area contributed by atoms with Gasteiger partial charge in [-0.2, -0.15) is 0 Å². The molecule has 0 saturated carbocycles. The van der Waals surface area contributed by atoms with Crippen LogP contribution in [0.1, 0.15) is 62.9 Å². The zero-order valence-corrected chi connectivity index (χ0v) is 29.1. The molecule has 2 amide bonds. The van der Waals surface area contributed by atoms with Gasteiger partial charge < -0.3 is 15.0 Å². The lowest BCUT2D eigenvalue weighted by Gasteiger charge is -2.41. The van der Waals surface area contributed by atoms with Crippen LogP contribution in [0.2, 0.25) is 0 Å². The third kappa shape index (κ3) is 7.77. The summed E-state index contributed by atoms with van der Waals surface area (Å²) in [5, 5.41) is 3.06. The van der Waals surface area contributed by atoms with Gasteiger partial charge in [-0.1, -0.05) is 60.7 Å². The molecule has 1 aliphatic carbocycles. The van der Waals surface area contributed by atoms with Gasteiger partial charge in [0.15, 0.2) is 12.0 Å². The summed E-state index contributed by atoms with van der Waals surface area (Å²) in [6, 6.07) is 20.1. The molecule has 2 fully saturated rings. The number of carbonyl (C=O) groups excluding carboxylic acids is 3. The third-order valence-electron chi connectivity index (χ3n) is 9.82. The fourth-order valence-electron chi connectivity index (χ4n) is 7.65. The Balaban J connectivity index is 1.25. The predicted molar refractivity (Wildman–Crippen MR) is 185 cm³/mol. The van der Waals surface area contributed by atoms with E-state index in [1.807, 2.05) is 101 Å². The van der Waals surface area contributed by atoms with Crippen molar-refractivity contribution in [2.24, 2.45) is 5.92 Å². The lowest BCUT2D eigenvalue weighted by molar-refractivity contribution is -0.157. The van der Waals surface area contributed by atoms with E-state index in [1.165, 1.54) is 0 Å². The summed E-state index contributed by atoms with van der Waals surface area (Å²) in [4.78, 5) is 52.1. The van der Waals surface area contributed by atoms with Gasteiger partial charge in [-0.3, -0.25) is 29.2 Å². The molecule has 3 heterocycles. The van der Waals surface area contributed by atoms with Crippen LogP contribution in [0, 0.1) is 5.92 Å². The van der Waals surface area contributed by atoms with E-state index < -0.39 is 41.1 Å². The molecule has 2 aromatic carbocycles. The first-order valence-corrected chi connectivity index (χ1v) is 17.3. The molecule has 5 atom stereocenters. The van der Waals surface area contributed by atoms with Crippen molar-refractivity contribution in [1.82, 2.24) is 25.0 Å². The molecule has 260 valence electrons. The van der Waals surface area contributed by atoms with E-state index in [0.29, 0.717) is 32.6 Å². The van der Waals surface area contributed by atoms with Crippen LogP contribution in [-0.4, -0.2) is 93.0 Å². The van der Waals surface area contributed by atoms with E-state index >= 15 is 4.39 Å². The van der Waals surface area contributed by atoms with Crippen molar-refractivity contribution in [2.75, 3.05) is 26.2 Å². The minimum Gasteiger partial charge on any atom is -0.350 e. The summed E-state index contributed by atoms with van der Waals surface area (Å²) in [5.41, 5.74) is 2.43. The minimum absolute atomic E-state index is 0.0605. The molecule has 3 aromatic rings. The largest absolute Gasteiger partial charge is 0.350 e. The molecule has 0 unspecified atom stereocenters. The van der Waals surface area contributed by atoms with Crippen molar-refractivity contribution in [1.29, 1.82) is 0 Å². The number of amides is 2. The van der Waals surface area contributed by atoms with Gasteiger partial charge in [0, 0.05) is 50.5 Å². The molecule has 6 rings (SSSR count). The number of rotatable bonds is 10. The van der Waals surface area contributed by atoms with E-state index in [0.717, 1.165) is 22.3 Å². The van der Waals surface area contributed by atoms with E-state index in [9.17, 15) is 14.4 Å². The highest BCUT2D eigenvalue weighted by Crippen LogP contribution is 2.49. The average molecular weight is 670 g/mol. The van der Waals surface area contributed by atoms with E-state index in [-0.39, 0.29) is 31.0 Å². The van der Waals surface area contributed by atoms with Gasteiger partial charge in [0.05, 0.1) is 24.6 Å². The van der Waals surface area contributed by atoms with Crippen molar-refractivity contribution in [3.8, 4) is 0 Å². The Bertz CT molecular complexity index is 1650. The normalized spacial score (nSPS) is 23.4. The number of benzene rings is 2. The van der Waals surface area contributed by atoms with Gasteiger partial charge in [-0.25, -0.2) is 4.39 Å². The SMILES string of the molecule is CC(C)(C)NC(=O)[C@@H]1CN(Cc2cccnc2)CCN1CC(=O)[C@@H](F)[C@@H](Cc1ccccc1)C(=O)N1[C@H]2c3ccccc3C[C@H]2OC1(C)C. The predicted octanol–water partition coefficient (Wildman–Crippen LogP) is 4.51. The third-order valence-corrected chi connectivity index (χ3v) is 9.82. The molecule has 2 aliphatic heterocycles. The molecule has 1 N–H and O–H groups in total. The second-order valence-electron chi connectivity index (χ2n) is 15.1. The highest BCUT2D eigenvalue weighted by Gasteiger charge is 2.55. The Morgan fingerprint density at radius 2 is 1.71 bits per heavy atom. The van der Waals surface area contributed by atoms with Crippen molar-refractivity contribution < 1.29 is 23.5 Å². The number of hydrogen-bond acceptors (Lipinski definition) is 7. The summed E-state index contributed by atoms with van der Waals surface area (Å²) in [7, 11) is 0. The lowest BCUT2D eigenvalue weighted by atomic mass is 9.89. The van der Waals surface area contributed by atoms with Crippen LogP contribution in [0.25, 0.3) is 0 Å². The first-order chi connectivity index (χ1) is 23.3. The Labute approximate surface area is 288 Å². The zero-order chi connectivity index (χ0) is 34.9.